The highest BCUT2D eigenvalue weighted by Gasteiger charge is 2.09. The molecule has 0 aliphatic heterocycles. The average Bonchev–Trinajstić information content (AvgIpc) is 2.08. The summed E-state index contributed by atoms with van der Waals surface area (Å²) in [4.78, 5) is 41.9. The molecule has 0 fully saturated rings. The van der Waals surface area contributed by atoms with E-state index < -0.39 is 25.9 Å². The Hall–Kier alpha value is -1.19. The Morgan fingerprint density at radius 2 is 1.71 bits per heavy atom. The number of primary amides is 1. The number of hydrogen-bond donors (Lipinski definition) is 7. The SMILES string of the molecule is NC(=O)NCCCC(N)C(=O)O.O=P(O)(O)O. The van der Waals surface area contributed by atoms with Crippen LogP contribution >= 0.6 is 7.82 Å². The molecule has 0 aromatic rings. The van der Waals surface area contributed by atoms with Gasteiger partial charge in [0.25, 0.3) is 0 Å². The van der Waals surface area contributed by atoms with Crippen LogP contribution in [0.15, 0.2) is 0 Å². The molecular weight excluding hydrogens is 257 g/mol. The fraction of sp³-hybridized carbons (Fsp3) is 0.667. The normalized spacial score (nSPS) is 12.0. The van der Waals surface area contributed by atoms with E-state index in [0.29, 0.717) is 19.4 Å². The van der Waals surface area contributed by atoms with Crippen LogP contribution < -0.4 is 16.8 Å². The van der Waals surface area contributed by atoms with Crippen LogP contribution in [0.2, 0.25) is 0 Å². The first kappa shape index (κ1) is 18.2. The largest absolute Gasteiger partial charge is 0.480 e. The topological polar surface area (TPSA) is 196 Å². The third-order valence-corrected chi connectivity index (χ3v) is 1.31. The van der Waals surface area contributed by atoms with Crippen molar-refractivity contribution in [1.82, 2.24) is 5.32 Å². The molecule has 0 aromatic heterocycles. The molecule has 0 aliphatic rings. The van der Waals surface area contributed by atoms with Crippen molar-refractivity contribution in [3.8, 4) is 0 Å². The molecule has 17 heavy (non-hydrogen) atoms. The summed E-state index contributed by atoms with van der Waals surface area (Å²) in [7, 11) is -4.64. The third kappa shape index (κ3) is 25.3. The molecule has 11 heteroatoms. The summed E-state index contributed by atoms with van der Waals surface area (Å²) in [5, 5.41) is 10.7. The van der Waals surface area contributed by atoms with Crippen LogP contribution in [0.5, 0.6) is 0 Å². The van der Waals surface area contributed by atoms with Gasteiger partial charge in [-0.3, -0.25) is 4.79 Å². The van der Waals surface area contributed by atoms with E-state index in [0.717, 1.165) is 0 Å². The van der Waals surface area contributed by atoms with Gasteiger partial charge in [-0.2, -0.15) is 0 Å². The van der Waals surface area contributed by atoms with Crippen molar-refractivity contribution in [2.75, 3.05) is 6.54 Å². The van der Waals surface area contributed by atoms with Crippen molar-refractivity contribution >= 4 is 19.8 Å². The van der Waals surface area contributed by atoms with Gasteiger partial charge in [-0.05, 0) is 12.8 Å². The van der Waals surface area contributed by atoms with Crippen molar-refractivity contribution in [2.45, 2.75) is 18.9 Å². The van der Waals surface area contributed by atoms with E-state index in [1.807, 2.05) is 0 Å². The van der Waals surface area contributed by atoms with Crippen LogP contribution in [0.25, 0.3) is 0 Å². The quantitative estimate of drug-likeness (QED) is 0.218. The Balaban J connectivity index is 0. The third-order valence-electron chi connectivity index (χ3n) is 1.31. The molecule has 0 heterocycles. The Bertz CT molecular complexity index is 283. The van der Waals surface area contributed by atoms with Crippen molar-refractivity contribution in [3.05, 3.63) is 0 Å². The van der Waals surface area contributed by atoms with E-state index in [1.54, 1.807) is 0 Å². The number of hydrogen-bond acceptors (Lipinski definition) is 4. The lowest BCUT2D eigenvalue weighted by Crippen LogP contribution is -2.33. The smallest absolute Gasteiger partial charge is 0.466 e. The van der Waals surface area contributed by atoms with Crippen molar-refractivity contribution in [3.63, 3.8) is 0 Å². The number of carbonyl (C=O) groups excluding carboxylic acids is 1. The minimum Gasteiger partial charge on any atom is -0.480 e. The number of carboxylic acid groups (broad SMARTS) is 1. The van der Waals surface area contributed by atoms with Gasteiger partial charge in [0, 0.05) is 6.54 Å². The predicted octanol–water partition coefficient (Wildman–Crippen LogP) is -2.08. The summed E-state index contributed by atoms with van der Waals surface area (Å²) < 4.78 is 8.88. The van der Waals surface area contributed by atoms with Gasteiger partial charge in [0.1, 0.15) is 6.04 Å². The van der Waals surface area contributed by atoms with E-state index in [4.69, 9.17) is 35.8 Å². The maximum atomic E-state index is 10.2. The standard InChI is InChI=1S/C6H13N3O3.H3O4P/c7-4(5(10)11)2-1-3-9-6(8)12;1-5(2,3)4/h4H,1-3,7H2,(H,10,11)(H3,8,9,12);(H3,1,2,3,4). The number of aliphatic carboxylic acids is 1. The highest BCUT2D eigenvalue weighted by molar-refractivity contribution is 7.45. The van der Waals surface area contributed by atoms with Crippen LogP contribution in [0.1, 0.15) is 12.8 Å². The highest BCUT2D eigenvalue weighted by Crippen LogP contribution is 2.25. The number of nitrogens with two attached hydrogens (primary N) is 2. The fourth-order valence-electron chi connectivity index (χ4n) is 0.657. The van der Waals surface area contributed by atoms with Gasteiger partial charge in [0.05, 0.1) is 0 Å². The minimum atomic E-state index is -4.64. The van der Waals surface area contributed by atoms with Gasteiger partial charge >= 0.3 is 19.8 Å². The summed E-state index contributed by atoms with van der Waals surface area (Å²) in [6.07, 6.45) is 0.839. The van der Waals surface area contributed by atoms with Gasteiger partial charge in [0.2, 0.25) is 0 Å². The zero-order valence-corrected chi connectivity index (χ0v) is 9.71. The molecule has 0 aliphatic carbocycles. The summed E-state index contributed by atoms with van der Waals surface area (Å²) in [6, 6.07) is -1.47. The molecule has 0 radical (unpaired) electrons. The van der Waals surface area contributed by atoms with E-state index in [-0.39, 0.29) is 0 Å². The van der Waals surface area contributed by atoms with E-state index in [2.05, 4.69) is 5.32 Å². The average molecular weight is 273 g/mol. The first-order chi connectivity index (χ1) is 7.54. The Morgan fingerprint density at radius 3 is 2.00 bits per heavy atom. The number of amides is 2. The molecule has 2 amide bonds. The van der Waals surface area contributed by atoms with E-state index >= 15 is 0 Å². The van der Waals surface area contributed by atoms with E-state index in [1.165, 1.54) is 0 Å². The first-order valence-corrected chi connectivity index (χ1v) is 5.90. The molecule has 1 unspecified atom stereocenters. The van der Waals surface area contributed by atoms with Crippen LogP contribution in [0, 0.1) is 0 Å². The summed E-state index contributed by atoms with van der Waals surface area (Å²) in [5.74, 6) is -1.03. The molecule has 0 aromatic carbocycles. The molecule has 0 rings (SSSR count). The molecule has 1 atom stereocenters. The molecule has 0 saturated heterocycles. The Kier molecular flexibility index (Phi) is 9.52. The second-order valence-electron chi connectivity index (χ2n) is 2.89. The molecule has 9 N–H and O–H groups in total. The highest BCUT2D eigenvalue weighted by atomic mass is 31.2. The second kappa shape index (κ2) is 8.90. The molecular formula is C6H16N3O7P. The fourth-order valence-corrected chi connectivity index (χ4v) is 0.657. The number of carboxylic acids is 1. The molecule has 0 bridgehead atoms. The van der Waals surface area contributed by atoms with Crippen LogP contribution in [0.3, 0.4) is 0 Å². The Morgan fingerprint density at radius 1 is 1.29 bits per heavy atom. The summed E-state index contributed by atoms with van der Waals surface area (Å²) in [5.41, 5.74) is 9.96. The first-order valence-electron chi connectivity index (χ1n) is 4.34. The second-order valence-corrected chi connectivity index (χ2v) is 3.92. The lowest BCUT2D eigenvalue weighted by molar-refractivity contribution is -0.138. The van der Waals surface area contributed by atoms with Crippen LogP contribution in [-0.4, -0.2) is 44.4 Å². The molecule has 10 nitrogen and oxygen atoms in total. The van der Waals surface area contributed by atoms with Crippen LogP contribution in [-0.2, 0) is 9.36 Å². The lowest BCUT2D eigenvalue weighted by Gasteiger charge is -2.05. The zero-order chi connectivity index (χ0) is 14.1. The van der Waals surface area contributed by atoms with Gasteiger partial charge in [-0.1, -0.05) is 0 Å². The number of carbonyl (C=O) groups is 2. The predicted molar refractivity (Wildman–Crippen MR) is 56.7 cm³/mol. The Labute approximate surface area is 96.8 Å². The number of rotatable bonds is 5. The van der Waals surface area contributed by atoms with Gasteiger partial charge in [-0.25, -0.2) is 9.36 Å². The van der Waals surface area contributed by atoms with Gasteiger partial charge < -0.3 is 36.6 Å². The van der Waals surface area contributed by atoms with E-state index in [9.17, 15) is 9.59 Å². The van der Waals surface area contributed by atoms with Crippen molar-refractivity contribution in [2.24, 2.45) is 11.5 Å². The van der Waals surface area contributed by atoms with Gasteiger partial charge in [0.15, 0.2) is 0 Å². The monoisotopic (exact) mass is 273 g/mol. The number of nitrogens with one attached hydrogen (secondary N) is 1. The van der Waals surface area contributed by atoms with Crippen molar-refractivity contribution < 1.29 is 33.9 Å². The zero-order valence-electron chi connectivity index (χ0n) is 8.81. The van der Waals surface area contributed by atoms with Crippen LogP contribution in [0.4, 0.5) is 4.79 Å². The van der Waals surface area contributed by atoms with Crippen molar-refractivity contribution in [1.29, 1.82) is 0 Å². The molecule has 102 valence electrons. The summed E-state index contributed by atoms with van der Waals surface area (Å²) >= 11 is 0. The van der Waals surface area contributed by atoms with Gasteiger partial charge in [-0.15, -0.1) is 0 Å². The molecule has 0 saturated carbocycles. The number of urea groups is 1. The maximum absolute atomic E-state index is 10.2. The summed E-state index contributed by atoms with van der Waals surface area (Å²) in [6.45, 7) is 0.357. The molecule has 0 spiro atoms. The number of phosphoric acid groups is 1. The maximum Gasteiger partial charge on any atom is 0.466 e. The lowest BCUT2D eigenvalue weighted by atomic mass is 10.2. The minimum absolute atomic E-state index is 0.329.